The van der Waals surface area contributed by atoms with Gasteiger partial charge in [-0.1, -0.05) is 39.7 Å². The SMILES string of the molecule is COc1cc(Cl)c(C)cc1NC(=O)CNC1(c2cccc(Br)c2)CCOCC1. The number of aryl methyl sites for hydroxylation is 1. The summed E-state index contributed by atoms with van der Waals surface area (Å²) in [6.07, 6.45) is 1.61. The zero-order chi connectivity index (χ0) is 20.1. The van der Waals surface area contributed by atoms with Crippen LogP contribution >= 0.6 is 27.5 Å². The average molecular weight is 468 g/mol. The summed E-state index contributed by atoms with van der Waals surface area (Å²) < 4.78 is 11.9. The number of carbonyl (C=O) groups excluding carboxylic acids is 1. The van der Waals surface area contributed by atoms with Gasteiger partial charge in [0.1, 0.15) is 5.75 Å². The number of benzene rings is 2. The zero-order valence-electron chi connectivity index (χ0n) is 16.0. The van der Waals surface area contributed by atoms with Crippen molar-refractivity contribution < 1.29 is 14.3 Å². The molecule has 1 fully saturated rings. The minimum atomic E-state index is -0.292. The van der Waals surface area contributed by atoms with Crippen LogP contribution in [0.3, 0.4) is 0 Å². The number of amides is 1. The van der Waals surface area contributed by atoms with Gasteiger partial charge in [0, 0.05) is 34.3 Å². The topological polar surface area (TPSA) is 59.6 Å². The van der Waals surface area contributed by atoms with Crippen LogP contribution in [0, 0.1) is 6.92 Å². The molecule has 0 spiro atoms. The third-order valence-electron chi connectivity index (χ3n) is 5.07. The van der Waals surface area contributed by atoms with Crippen LogP contribution < -0.4 is 15.4 Å². The molecule has 28 heavy (non-hydrogen) atoms. The lowest BCUT2D eigenvalue weighted by Crippen LogP contribution is -2.49. The molecule has 1 saturated heterocycles. The van der Waals surface area contributed by atoms with E-state index in [4.69, 9.17) is 21.1 Å². The smallest absolute Gasteiger partial charge is 0.238 e. The molecule has 0 saturated carbocycles. The summed E-state index contributed by atoms with van der Waals surface area (Å²) in [5.74, 6) is 0.401. The predicted octanol–water partition coefficient (Wildman–Crippen LogP) is 4.65. The molecule has 0 aromatic heterocycles. The second-order valence-electron chi connectivity index (χ2n) is 6.91. The highest BCUT2D eigenvalue weighted by molar-refractivity contribution is 9.10. The number of carbonyl (C=O) groups is 1. The van der Waals surface area contributed by atoms with Crippen molar-refractivity contribution in [2.45, 2.75) is 25.3 Å². The molecule has 1 amide bonds. The molecule has 2 N–H and O–H groups in total. The maximum absolute atomic E-state index is 12.7. The van der Waals surface area contributed by atoms with E-state index in [9.17, 15) is 4.79 Å². The van der Waals surface area contributed by atoms with E-state index in [1.54, 1.807) is 13.2 Å². The molecule has 0 atom stereocenters. The van der Waals surface area contributed by atoms with Gasteiger partial charge in [0.2, 0.25) is 5.91 Å². The van der Waals surface area contributed by atoms with Gasteiger partial charge in [-0.3, -0.25) is 10.1 Å². The van der Waals surface area contributed by atoms with Gasteiger partial charge in [-0.2, -0.15) is 0 Å². The molecular weight excluding hydrogens is 444 g/mol. The first-order chi connectivity index (χ1) is 13.4. The Kier molecular flexibility index (Phi) is 6.99. The minimum absolute atomic E-state index is 0.138. The molecule has 1 aliphatic rings. The second-order valence-corrected chi connectivity index (χ2v) is 8.23. The number of anilines is 1. The Morgan fingerprint density at radius 3 is 2.71 bits per heavy atom. The van der Waals surface area contributed by atoms with Crippen LogP contribution in [0.15, 0.2) is 40.9 Å². The Labute approximate surface area is 178 Å². The fraction of sp³-hybridized carbons (Fsp3) is 0.381. The number of rotatable bonds is 6. The van der Waals surface area contributed by atoms with Crippen LogP contribution in [0.4, 0.5) is 5.69 Å². The first kappa shape index (κ1) is 21.1. The summed E-state index contributed by atoms with van der Waals surface area (Å²) in [6, 6.07) is 11.7. The summed E-state index contributed by atoms with van der Waals surface area (Å²) in [5.41, 5.74) is 2.35. The van der Waals surface area contributed by atoms with Gasteiger partial charge in [0.25, 0.3) is 0 Å². The molecule has 0 radical (unpaired) electrons. The molecule has 5 nitrogen and oxygen atoms in total. The summed E-state index contributed by atoms with van der Waals surface area (Å²) in [5, 5.41) is 7.01. The predicted molar refractivity (Wildman–Crippen MR) is 115 cm³/mol. The van der Waals surface area contributed by atoms with Crippen molar-refractivity contribution in [3.8, 4) is 5.75 Å². The van der Waals surface area contributed by atoms with Gasteiger partial charge in [-0.15, -0.1) is 0 Å². The van der Waals surface area contributed by atoms with E-state index in [0.717, 1.165) is 28.4 Å². The van der Waals surface area contributed by atoms with Gasteiger partial charge < -0.3 is 14.8 Å². The van der Waals surface area contributed by atoms with Crippen LogP contribution in [0.25, 0.3) is 0 Å². The quantitative estimate of drug-likeness (QED) is 0.649. The molecule has 150 valence electrons. The Balaban J connectivity index is 1.74. The Morgan fingerprint density at radius 1 is 1.29 bits per heavy atom. The molecule has 1 heterocycles. The monoisotopic (exact) mass is 466 g/mol. The van der Waals surface area contributed by atoms with E-state index in [1.165, 1.54) is 0 Å². The number of methoxy groups -OCH3 is 1. The van der Waals surface area contributed by atoms with Gasteiger partial charge in [-0.05, 0) is 49.1 Å². The number of halogens is 2. The van der Waals surface area contributed by atoms with E-state index in [1.807, 2.05) is 25.1 Å². The third-order valence-corrected chi connectivity index (χ3v) is 5.97. The summed E-state index contributed by atoms with van der Waals surface area (Å²) >= 11 is 9.68. The van der Waals surface area contributed by atoms with Gasteiger partial charge >= 0.3 is 0 Å². The summed E-state index contributed by atoms with van der Waals surface area (Å²) in [7, 11) is 1.55. The first-order valence-corrected chi connectivity index (χ1v) is 10.3. The van der Waals surface area contributed by atoms with Crippen molar-refractivity contribution in [3.63, 3.8) is 0 Å². The molecule has 0 unspecified atom stereocenters. The van der Waals surface area contributed by atoms with E-state index in [2.05, 4.69) is 38.7 Å². The number of hydrogen-bond donors (Lipinski definition) is 2. The highest BCUT2D eigenvalue weighted by Gasteiger charge is 2.34. The van der Waals surface area contributed by atoms with Crippen molar-refractivity contribution in [1.29, 1.82) is 0 Å². The molecule has 3 rings (SSSR count). The van der Waals surface area contributed by atoms with Crippen molar-refractivity contribution in [3.05, 3.63) is 57.0 Å². The normalized spacial score (nSPS) is 15.9. The van der Waals surface area contributed by atoms with Crippen LogP contribution in [-0.2, 0) is 15.1 Å². The zero-order valence-corrected chi connectivity index (χ0v) is 18.3. The summed E-state index contributed by atoms with van der Waals surface area (Å²) in [6.45, 7) is 3.38. The lowest BCUT2D eigenvalue weighted by atomic mass is 9.82. The third kappa shape index (κ3) is 4.87. The Hall–Kier alpha value is -1.60. The average Bonchev–Trinajstić information content (AvgIpc) is 2.70. The van der Waals surface area contributed by atoms with Crippen molar-refractivity contribution in [2.24, 2.45) is 0 Å². The number of ether oxygens (including phenoxy) is 2. The fourth-order valence-corrected chi connectivity index (χ4v) is 4.00. The maximum atomic E-state index is 12.7. The van der Waals surface area contributed by atoms with Crippen molar-refractivity contribution in [2.75, 3.05) is 32.2 Å². The molecule has 7 heteroatoms. The highest BCUT2D eigenvalue weighted by Crippen LogP contribution is 2.34. The molecule has 2 aromatic rings. The molecular formula is C21H24BrClN2O3. The van der Waals surface area contributed by atoms with Crippen LogP contribution in [-0.4, -0.2) is 32.8 Å². The van der Waals surface area contributed by atoms with Crippen molar-refractivity contribution in [1.82, 2.24) is 5.32 Å². The molecule has 2 aromatic carbocycles. The maximum Gasteiger partial charge on any atom is 0.238 e. The van der Waals surface area contributed by atoms with E-state index in [0.29, 0.717) is 29.7 Å². The number of hydrogen-bond acceptors (Lipinski definition) is 4. The minimum Gasteiger partial charge on any atom is -0.495 e. The van der Waals surface area contributed by atoms with Gasteiger partial charge in [0.05, 0.1) is 19.3 Å². The molecule has 1 aliphatic heterocycles. The number of nitrogens with one attached hydrogen (secondary N) is 2. The van der Waals surface area contributed by atoms with Crippen LogP contribution in [0.1, 0.15) is 24.0 Å². The van der Waals surface area contributed by atoms with E-state index < -0.39 is 0 Å². The van der Waals surface area contributed by atoms with Crippen LogP contribution in [0.2, 0.25) is 5.02 Å². The van der Waals surface area contributed by atoms with E-state index >= 15 is 0 Å². The van der Waals surface area contributed by atoms with Crippen molar-refractivity contribution >= 4 is 39.1 Å². The van der Waals surface area contributed by atoms with E-state index in [-0.39, 0.29) is 18.0 Å². The Morgan fingerprint density at radius 2 is 2.04 bits per heavy atom. The highest BCUT2D eigenvalue weighted by atomic mass is 79.9. The first-order valence-electron chi connectivity index (χ1n) is 9.16. The standard InChI is InChI=1S/C21H24BrClN2O3/c1-14-10-18(19(27-2)12-17(14)23)25-20(26)13-24-21(6-8-28-9-7-21)15-4-3-5-16(22)11-15/h3-5,10-12,24H,6-9,13H2,1-2H3,(H,25,26). The molecule has 0 aliphatic carbocycles. The fourth-order valence-electron chi connectivity index (χ4n) is 3.45. The van der Waals surface area contributed by atoms with Gasteiger partial charge in [-0.25, -0.2) is 0 Å². The van der Waals surface area contributed by atoms with Crippen LogP contribution in [0.5, 0.6) is 5.75 Å². The second kappa shape index (κ2) is 9.27. The van der Waals surface area contributed by atoms with Gasteiger partial charge in [0.15, 0.2) is 0 Å². The largest absolute Gasteiger partial charge is 0.495 e. The molecule has 0 bridgehead atoms. The lowest BCUT2D eigenvalue weighted by molar-refractivity contribution is -0.116. The lowest BCUT2D eigenvalue weighted by Gasteiger charge is -2.38. The Bertz CT molecular complexity index is 854. The summed E-state index contributed by atoms with van der Waals surface area (Å²) in [4.78, 5) is 12.7.